The van der Waals surface area contributed by atoms with Crippen LogP contribution >= 0.6 is 11.8 Å². The number of carboxylic acid groups (broad SMARTS) is 1. The Morgan fingerprint density at radius 2 is 1.82 bits per heavy atom. The molecule has 3 rings (SSSR count). The highest BCUT2D eigenvalue weighted by Gasteiger charge is 2.41. The number of hydrogen-bond donors (Lipinski definition) is 3. The Labute approximate surface area is 162 Å². The van der Waals surface area contributed by atoms with Gasteiger partial charge in [-0.3, -0.25) is 14.4 Å². The second kappa shape index (κ2) is 7.69. The van der Waals surface area contributed by atoms with E-state index in [-0.39, 0.29) is 23.4 Å². The van der Waals surface area contributed by atoms with E-state index < -0.39 is 39.8 Å². The number of carboxylic acids is 1. The van der Waals surface area contributed by atoms with Crippen LogP contribution < -0.4 is 10.2 Å². The standard InChI is InChI=1S/C18H13FN2O6S/c19-9-1-4-11(5-2-9)21-16(24)14(28-18(21)27)8-15(23)20-10-3-6-12(17(25)26)13(22)7-10/h1-7,14,22H,8H2,(H,20,23)(H,25,26). The van der Waals surface area contributed by atoms with Gasteiger partial charge >= 0.3 is 5.97 Å². The normalized spacial score (nSPS) is 16.3. The summed E-state index contributed by atoms with van der Waals surface area (Å²) < 4.78 is 13.0. The Bertz CT molecular complexity index is 979. The summed E-state index contributed by atoms with van der Waals surface area (Å²) in [5, 5.41) is 19.4. The lowest BCUT2D eigenvalue weighted by molar-refractivity contribution is -0.121. The number of nitrogens with zero attached hydrogens (tertiary/aromatic N) is 1. The number of phenols is 1. The highest BCUT2D eigenvalue weighted by Crippen LogP contribution is 2.33. The maximum absolute atomic E-state index is 13.0. The topological polar surface area (TPSA) is 124 Å². The summed E-state index contributed by atoms with van der Waals surface area (Å²) in [7, 11) is 0. The summed E-state index contributed by atoms with van der Waals surface area (Å²) in [5.41, 5.74) is 0.0331. The fourth-order valence-corrected chi connectivity index (χ4v) is 3.57. The van der Waals surface area contributed by atoms with Crippen molar-refractivity contribution < 1.29 is 33.8 Å². The molecule has 2 aromatic carbocycles. The summed E-state index contributed by atoms with van der Waals surface area (Å²) in [4.78, 5) is 48.5. The van der Waals surface area contributed by atoms with Gasteiger partial charge in [0.05, 0.1) is 5.69 Å². The summed E-state index contributed by atoms with van der Waals surface area (Å²) in [5.74, 6) is -3.54. The zero-order valence-electron chi connectivity index (χ0n) is 14.1. The lowest BCUT2D eigenvalue weighted by Crippen LogP contribution is -2.32. The minimum absolute atomic E-state index is 0.143. The maximum atomic E-state index is 13.0. The molecule has 0 aliphatic carbocycles. The molecule has 1 saturated heterocycles. The van der Waals surface area contributed by atoms with Crippen molar-refractivity contribution in [2.45, 2.75) is 11.7 Å². The number of rotatable bonds is 5. The quantitative estimate of drug-likeness (QED) is 0.700. The third kappa shape index (κ3) is 3.96. The Morgan fingerprint density at radius 3 is 2.43 bits per heavy atom. The van der Waals surface area contributed by atoms with E-state index in [9.17, 15) is 28.7 Å². The lowest BCUT2D eigenvalue weighted by atomic mass is 10.1. The number of hydrogen-bond acceptors (Lipinski definition) is 6. The van der Waals surface area contributed by atoms with Crippen LogP contribution in [0.4, 0.5) is 20.6 Å². The average Bonchev–Trinajstić information content (AvgIpc) is 2.89. The molecule has 10 heteroatoms. The number of anilines is 2. The first-order valence-electron chi connectivity index (χ1n) is 7.92. The minimum atomic E-state index is -1.32. The van der Waals surface area contributed by atoms with E-state index in [4.69, 9.17) is 5.11 Å². The SMILES string of the molecule is O=C(CC1SC(=O)N(c2ccc(F)cc2)C1=O)Nc1ccc(C(=O)O)c(O)c1. The van der Waals surface area contributed by atoms with Gasteiger partial charge in [0, 0.05) is 18.2 Å². The van der Waals surface area contributed by atoms with E-state index in [1.54, 1.807) is 0 Å². The third-order valence-corrected chi connectivity index (χ3v) is 4.93. The second-order valence-electron chi connectivity index (χ2n) is 5.81. The molecule has 144 valence electrons. The number of nitrogens with one attached hydrogen (secondary N) is 1. The Hall–Kier alpha value is -3.40. The van der Waals surface area contributed by atoms with Crippen molar-refractivity contribution in [1.82, 2.24) is 0 Å². The molecule has 3 amide bonds. The molecule has 0 saturated carbocycles. The molecule has 2 aromatic rings. The van der Waals surface area contributed by atoms with Crippen LogP contribution in [0.25, 0.3) is 0 Å². The van der Waals surface area contributed by atoms with Gasteiger partial charge in [0.25, 0.3) is 5.24 Å². The first-order valence-corrected chi connectivity index (χ1v) is 8.80. The highest BCUT2D eigenvalue weighted by atomic mass is 32.2. The van der Waals surface area contributed by atoms with Crippen LogP contribution in [-0.2, 0) is 9.59 Å². The number of amides is 3. The monoisotopic (exact) mass is 404 g/mol. The van der Waals surface area contributed by atoms with Gasteiger partial charge in [-0.1, -0.05) is 0 Å². The molecular formula is C18H13FN2O6S. The van der Waals surface area contributed by atoms with Gasteiger partial charge in [-0.25, -0.2) is 14.1 Å². The van der Waals surface area contributed by atoms with Gasteiger partial charge in [-0.2, -0.15) is 0 Å². The van der Waals surface area contributed by atoms with Gasteiger partial charge < -0.3 is 15.5 Å². The molecule has 0 radical (unpaired) electrons. The molecule has 1 heterocycles. The third-order valence-electron chi connectivity index (χ3n) is 3.89. The Balaban J connectivity index is 1.67. The van der Waals surface area contributed by atoms with Crippen molar-refractivity contribution in [1.29, 1.82) is 0 Å². The fourth-order valence-electron chi connectivity index (χ4n) is 2.58. The van der Waals surface area contributed by atoms with Crippen LogP contribution in [0.5, 0.6) is 5.75 Å². The van der Waals surface area contributed by atoms with E-state index in [0.29, 0.717) is 11.8 Å². The van der Waals surface area contributed by atoms with E-state index in [1.807, 2.05) is 0 Å². The van der Waals surface area contributed by atoms with Gasteiger partial charge in [0.2, 0.25) is 11.8 Å². The zero-order valence-corrected chi connectivity index (χ0v) is 14.9. The van der Waals surface area contributed by atoms with Crippen molar-refractivity contribution in [3.8, 4) is 5.75 Å². The Morgan fingerprint density at radius 1 is 1.14 bits per heavy atom. The molecule has 0 spiro atoms. The number of carbonyl (C=O) groups excluding carboxylic acids is 3. The number of aromatic hydroxyl groups is 1. The van der Waals surface area contributed by atoms with E-state index in [0.717, 1.165) is 29.2 Å². The number of carbonyl (C=O) groups is 4. The molecule has 1 atom stereocenters. The number of halogens is 1. The van der Waals surface area contributed by atoms with Crippen LogP contribution in [0.1, 0.15) is 16.8 Å². The van der Waals surface area contributed by atoms with Crippen LogP contribution in [0.15, 0.2) is 42.5 Å². The second-order valence-corrected chi connectivity index (χ2v) is 6.97. The first-order chi connectivity index (χ1) is 13.3. The Kier molecular flexibility index (Phi) is 5.32. The molecule has 8 nitrogen and oxygen atoms in total. The van der Waals surface area contributed by atoms with Gasteiger partial charge in [-0.05, 0) is 48.2 Å². The van der Waals surface area contributed by atoms with Crippen LogP contribution in [0, 0.1) is 5.82 Å². The van der Waals surface area contributed by atoms with Gasteiger partial charge in [-0.15, -0.1) is 0 Å². The molecule has 1 aliphatic rings. The van der Waals surface area contributed by atoms with Crippen molar-refractivity contribution in [3.63, 3.8) is 0 Å². The van der Waals surface area contributed by atoms with Crippen molar-refractivity contribution >= 4 is 46.2 Å². The lowest BCUT2D eigenvalue weighted by Gasteiger charge is -2.14. The number of imide groups is 1. The molecule has 0 bridgehead atoms. The van der Waals surface area contributed by atoms with Gasteiger partial charge in [0.15, 0.2) is 0 Å². The number of thioether (sulfide) groups is 1. The smallest absolute Gasteiger partial charge is 0.339 e. The van der Waals surface area contributed by atoms with Crippen LogP contribution in [0.3, 0.4) is 0 Å². The van der Waals surface area contributed by atoms with Crippen LogP contribution in [0.2, 0.25) is 0 Å². The molecule has 1 aliphatic heterocycles. The van der Waals surface area contributed by atoms with Crippen molar-refractivity contribution in [2.24, 2.45) is 0 Å². The van der Waals surface area contributed by atoms with Crippen molar-refractivity contribution in [3.05, 3.63) is 53.8 Å². The number of aromatic carboxylic acids is 1. The summed E-state index contributed by atoms with van der Waals surface area (Å²) in [6, 6.07) is 8.31. The van der Waals surface area contributed by atoms with Crippen molar-refractivity contribution in [2.75, 3.05) is 10.2 Å². The fraction of sp³-hybridized carbons (Fsp3) is 0.111. The van der Waals surface area contributed by atoms with E-state index in [1.165, 1.54) is 18.2 Å². The summed E-state index contributed by atoms with van der Waals surface area (Å²) in [6.07, 6.45) is -0.311. The molecule has 28 heavy (non-hydrogen) atoms. The average molecular weight is 404 g/mol. The maximum Gasteiger partial charge on any atom is 0.339 e. The summed E-state index contributed by atoms with van der Waals surface area (Å²) >= 11 is 0.685. The predicted molar refractivity (Wildman–Crippen MR) is 99.0 cm³/mol. The molecule has 1 fully saturated rings. The highest BCUT2D eigenvalue weighted by molar-refractivity contribution is 8.15. The predicted octanol–water partition coefficient (Wildman–Crippen LogP) is 2.83. The zero-order chi connectivity index (χ0) is 20.4. The molecule has 0 aromatic heterocycles. The first kappa shape index (κ1) is 19.4. The molecule has 3 N–H and O–H groups in total. The molecular weight excluding hydrogens is 391 g/mol. The largest absolute Gasteiger partial charge is 0.507 e. The summed E-state index contributed by atoms with van der Waals surface area (Å²) in [6.45, 7) is 0. The molecule has 1 unspecified atom stereocenters. The van der Waals surface area contributed by atoms with Crippen LogP contribution in [-0.4, -0.2) is 38.5 Å². The minimum Gasteiger partial charge on any atom is -0.507 e. The van der Waals surface area contributed by atoms with E-state index >= 15 is 0 Å². The number of benzene rings is 2. The van der Waals surface area contributed by atoms with E-state index in [2.05, 4.69) is 5.32 Å². The van der Waals surface area contributed by atoms with Gasteiger partial charge in [0.1, 0.15) is 22.4 Å².